The molecule has 10 aromatic rings. The highest BCUT2D eigenvalue weighted by atomic mass is 28.3. The summed E-state index contributed by atoms with van der Waals surface area (Å²) in [7, 11) is -5.26. The van der Waals surface area contributed by atoms with Gasteiger partial charge in [0, 0.05) is 32.7 Å². The van der Waals surface area contributed by atoms with Crippen molar-refractivity contribution in [3.05, 3.63) is 180 Å². The van der Waals surface area contributed by atoms with E-state index < -0.39 is 51.8 Å². The van der Waals surface area contributed by atoms with Crippen molar-refractivity contribution in [2.45, 2.75) is 193 Å². The molecule has 4 N–H and O–H groups in total. The number of unbranched alkanes of at least 4 members (excludes halogenated alkanes) is 14. The van der Waals surface area contributed by atoms with Crippen LogP contribution in [0, 0.1) is 23.5 Å². The third-order valence-corrected chi connectivity index (χ3v) is 27.5. The van der Waals surface area contributed by atoms with E-state index in [2.05, 4.69) is 110 Å². The van der Waals surface area contributed by atoms with Gasteiger partial charge in [-0.3, -0.25) is 0 Å². The largest absolute Gasteiger partial charge is 0.505 e. The molecular weight excluding hydrogens is 1150 g/mol. The number of benzene rings is 8. The number of rotatable bonds is 28. The van der Waals surface area contributed by atoms with E-state index in [1.807, 2.05) is 60.7 Å². The quantitative estimate of drug-likeness (QED) is 0.0291. The summed E-state index contributed by atoms with van der Waals surface area (Å²) >= 11 is 0. The van der Waals surface area contributed by atoms with Crippen molar-refractivity contribution in [2.24, 2.45) is 11.8 Å². The minimum Gasteiger partial charge on any atom is -0.505 e. The molecule has 90 heavy (non-hydrogen) atoms. The minimum atomic E-state index is -2.63. The highest BCUT2D eigenvalue weighted by Gasteiger charge is 2.44. The summed E-state index contributed by atoms with van der Waals surface area (Å²) in [6.45, 7) is 14.1. The van der Waals surface area contributed by atoms with E-state index in [0.29, 0.717) is 57.6 Å². The molecule has 0 amide bonds. The number of hydrogen-bond donors (Lipinski definition) is 4. The van der Waals surface area contributed by atoms with Crippen LogP contribution in [0.3, 0.4) is 0 Å². The van der Waals surface area contributed by atoms with Gasteiger partial charge >= 0.3 is 0 Å². The molecule has 1 aliphatic carbocycles. The zero-order chi connectivity index (χ0) is 63.1. The van der Waals surface area contributed by atoms with E-state index in [-0.39, 0.29) is 11.5 Å². The van der Waals surface area contributed by atoms with Gasteiger partial charge in [-0.25, -0.2) is 8.78 Å². The fourth-order valence-corrected chi connectivity index (χ4v) is 21.6. The van der Waals surface area contributed by atoms with Gasteiger partial charge in [0.15, 0.2) is 0 Å². The third kappa shape index (κ3) is 13.3. The van der Waals surface area contributed by atoms with Crippen molar-refractivity contribution >= 4 is 70.1 Å². The fourth-order valence-electron chi connectivity index (χ4n) is 15.7. The summed E-state index contributed by atoms with van der Waals surface area (Å²) in [4.78, 5) is 0. The number of phenolic OH excluding ortho intramolecular Hbond substituents is 2. The normalized spacial score (nSPS) is 15.6. The average molecular weight is 1240 g/mol. The summed E-state index contributed by atoms with van der Waals surface area (Å²) in [5, 5.41) is 61.6. The molecule has 0 bridgehead atoms. The second-order valence-electron chi connectivity index (χ2n) is 27.6. The topological polar surface area (TPSA) is 90.8 Å². The first-order valence-electron chi connectivity index (χ1n) is 34.3. The summed E-state index contributed by atoms with van der Waals surface area (Å²) in [6, 6.07) is 52.3. The lowest BCUT2D eigenvalue weighted by atomic mass is 9.69. The third-order valence-electron chi connectivity index (χ3n) is 20.6. The molecule has 2 heterocycles. The number of aromatic nitrogens is 2. The maximum Gasteiger partial charge on any atom is 0.147 e. The predicted octanol–water partition coefficient (Wildman–Crippen LogP) is 21.6. The number of fused-ring (bicyclic) bond motifs is 6. The second-order valence-corrected chi connectivity index (χ2v) is 37.3. The molecule has 1 fully saturated rings. The maximum atomic E-state index is 16.1. The first-order chi connectivity index (χ1) is 43.6. The lowest BCUT2D eigenvalue weighted by Gasteiger charge is -2.42. The fraction of sp³-hybridized carbons (Fsp3) is 0.400. The number of nitrogens with zero attached hydrogens (tertiary/aromatic N) is 2. The highest BCUT2D eigenvalue weighted by molar-refractivity contribution is 6.90. The standard InChI is InChI=1S/C80H96F2N2O4Si2/c1-7-9-11-13-15-17-19-31-49-89(3,4)71-53-69(83-65-45-27-23-39-59(65)60-40-24-28-46-66(60)83)79(87)73(55-35-33-37-57(81)51-55)75(71)77(85)63-43-21-22-44-64(63)78(86)76-72(90(5,6)50-32-20-18-16-14-12-10-8-2)54-70(80(88)74(76)56-36-34-38-58(82)52-56)84-67-47-29-25-41-61(67)62-42-26-30-48-68(62)84/h23-30,33-42,45-48,51-54,63-64,77-78,85-88H,7-22,31-32,43-44,49-50H2,1-6H3/t63-,64-,77?,78?/m1/s1. The Kier molecular flexibility index (Phi) is 20.7. The number of phenols is 2. The highest BCUT2D eigenvalue weighted by Crippen LogP contribution is 2.53. The lowest BCUT2D eigenvalue weighted by molar-refractivity contribution is -0.0169. The Bertz CT molecular complexity index is 3740. The van der Waals surface area contributed by atoms with Crippen LogP contribution in [0.4, 0.5) is 8.78 Å². The maximum absolute atomic E-state index is 16.1. The van der Waals surface area contributed by atoms with Gasteiger partial charge in [0.2, 0.25) is 0 Å². The summed E-state index contributed by atoms with van der Waals surface area (Å²) in [5.74, 6) is -2.06. The zero-order valence-corrected chi connectivity index (χ0v) is 56.3. The van der Waals surface area contributed by atoms with Gasteiger partial charge in [0.05, 0.1) is 61.8 Å². The van der Waals surface area contributed by atoms with Crippen molar-refractivity contribution in [2.75, 3.05) is 0 Å². The first kappa shape index (κ1) is 64.7. The molecule has 2 aromatic heterocycles. The number of hydrogen-bond acceptors (Lipinski definition) is 4. The Morgan fingerprint density at radius 3 is 1.04 bits per heavy atom. The minimum absolute atomic E-state index is 0.0374. The molecule has 472 valence electrons. The molecule has 11 rings (SSSR count). The van der Waals surface area contributed by atoms with Crippen LogP contribution < -0.4 is 10.4 Å². The lowest BCUT2D eigenvalue weighted by Crippen LogP contribution is -2.47. The van der Waals surface area contributed by atoms with E-state index in [9.17, 15) is 20.4 Å². The number of aliphatic hydroxyl groups excluding tert-OH is 2. The van der Waals surface area contributed by atoms with E-state index >= 15 is 8.78 Å². The molecule has 4 atom stereocenters. The number of aliphatic hydroxyl groups is 2. The first-order valence-corrected chi connectivity index (χ1v) is 40.7. The van der Waals surface area contributed by atoms with Crippen LogP contribution in [-0.2, 0) is 0 Å². The second kappa shape index (κ2) is 28.8. The summed E-state index contributed by atoms with van der Waals surface area (Å²) in [6.07, 6.45) is 19.3. The Balaban J connectivity index is 1.11. The molecule has 6 nitrogen and oxygen atoms in total. The molecule has 2 unspecified atom stereocenters. The van der Waals surface area contributed by atoms with Gasteiger partial charge in [0.1, 0.15) is 23.1 Å². The molecule has 1 aliphatic rings. The van der Waals surface area contributed by atoms with Crippen LogP contribution in [0.1, 0.15) is 166 Å². The molecule has 1 saturated carbocycles. The van der Waals surface area contributed by atoms with E-state index in [0.717, 1.165) is 117 Å². The molecular formula is C80H96F2N2O4Si2. The zero-order valence-electron chi connectivity index (χ0n) is 54.3. The van der Waals surface area contributed by atoms with Gasteiger partial charge < -0.3 is 29.6 Å². The van der Waals surface area contributed by atoms with E-state index in [1.165, 1.54) is 88.5 Å². The van der Waals surface area contributed by atoms with Crippen molar-refractivity contribution in [3.63, 3.8) is 0 Å². The number of aromatic hydroxyl groups is 2. The van der Waals surface area contributed by atoms with Crippen molar-refractivity contribution in [1.82, 2.24) is 9.13 Å². The summed E-state index contributed by atoms with van der Waals surface area (Å²) in [5.41, 5.74) is 7.91. The average Bonchev–Trinajstić information content (AvgIpc) is 1.31. The van der Waals surface area contributed by atoms with Crippen molar-refractivity contribution < 1.29 is 29.2 Å². The van der Waals surface area contributed by atoms with Gasteiger partial charge in [-0.2, -0.15) is 0 Å². The Hall–Kier alpha value is -6.83. The molecule has 0 spiro atoms. The van der Waals surface area contributed by atoms with Crippen LogP contribution in [0.15, 0.2) is 158 Å². The van der Waals surface area contributed by atoms with Crippen LogP contribution >= 0.6 is 0 Å². The molecule has 10 heteroatoms. The number of para-hydroxylation sites is 4. The summed E-state index contributed by atoms with van der Waals surface area (Å²) < 4.78 is 36.5. The van der Waals surface area contributed by atoms with Crippen molar-refractivity contribution in [1.29, 1.82) is 0 Å². The van der Waals surface area contributed by atoms with E-state index in [1.54, 1.807) is 12.1 Å². The van der Waals surface area contributed by atoms with Crippen LogP contribution in [0.25, 0.3) is 77.2 Å². The molecule has 0 radical (unpaired) electrons. The van der Waals surface area contributed by atoms with Gasteiger partial charge in [-0.05, 0) is 108 Å². The Morgan fingerprint density at radius 2 is 0.722 bits per heavy atom. The molecule has 8 aromatic carbocycles. The van der Waals surface area contributed by atoms with E-state index in [4.69, 9.17) is 0 Å². The molecule has 0 aliphatic heterocycles. The van der Waals surface area contributed by atoms with Gasteiger partial charge in [0.25, 0.3) is 0 Å². The van der Waals surface area contributed by atoms with Crippen molar-refractivity contribution in [3.8, 4) is 45.1 Å². The van der Waals surface area contributed by atoms with Crippen LogP contribution in [-0.4, -0.2) is 45.7 Å². The molecule has 0 saturated heterocycles. The van der Waals surface area contributed by atoms with Crippen LogP contribution in [0.2, 0.25) is 38.3 Å². The van der Waals surface area contributed by atoms with Gasteiger partial charge in [-0.1, -0.05) is 275 Å². The van der Waals surface area contributed by atoms with Gasteiger partial charge in [-0.15, -0.1) is 0 Å². The Morgan fingerprint density at radius 1 is 0.411 bits per heavy atom. The Labute approximate surface area is 535 Å². The monoisotopic (exact) mass is 1240 g/mol. The smallest absolute Gasteiger partial charge is 0.147 e. The predicted molar refractivity (Wildman–Crippen MR) is 380 cm³/mol. The van der Waals surface area contributed by atoms with Crippen LogP contribution in [0.5, 0.6) is 11.5 Å². The SMILES string of the molecule is CCCCCCCCCC[Si](C)(C)c1cc(-n2c3ccccc3c3ccccc32)c(O)c(-c2cccc(F)c2)c1C(O)[C@@H]1CCCC[C@H]1C(O)c1c([Si](C)(C)CCCCCCCCCC)cc(-n2c3ccccc3c3ccccc32)c(O)c1-c1cccc(F)c1. The number of halogens is 2.